The molecular weight excluding hydrogens is 492 g/mol. The Morgan fingerprint density at radius 2 is 2.03 bits per heavy atom. The molecule has 0 spiro atoms. The molecule has 4 aromatic rings. The lowest BCUT2D eigenvalue weighted by Gasteiger charge is -2.35. The van der Waals surface area contributed by atoms with E-state index in [1.54, 1.807) is 18.8 Å². The zero-order chi connectivity index (χ0) is 23.7. The van der Waals surface area contributed by atoms with Crippen molar-refractivity contribution >= 4 is 26.8 Å². The second-order valence-corrected chi connectivity index (χ2v) is 9.85. The maximum Gasteiger partial charge on any atom is 0.146 e. The zero-order valence-electron chi connectivity index (χ0n) is 19.2. The van der Waals surface area contributed by atoms with Crippen LogP contribution < -0.4 is 0 Å². The van der Waals surface area contributed by atoms with Crippen LogP contribution in [0.1, 0.15) is 18.4 Å². The SMILES string of the molecule is CN(C)CCC(O)(c1cc(Br)cc2cc(-c3ccccc3)c(-n3ccnc3)nc12)C1CC=CO1. The highest BCUT2D eigenvalue weighted by molar-refractivity contribution is 9.10. The Labute approximate surface area is 207 Å². The zero-order valence-corrected chi connectivity index (χ0v) is 20.8. The molecule has 174 valence electrons. The molecule has 0 fully saturated rings. The van der Waals surface area contributed by atoms with Crippen molar-refractivity contribution in [2.45, 2.75) is 24.5 Å². The van der Waals surface area contributed by atoms with Gasteiger partial charge in [0.25, 0.3) is 0 Å². The van der Waals surface area contributed by atoms with Crippen LogP contribution in [0.2, 0.25) is 0 Å². The maximum atomic E-state index is 12.2. The third kappa shape index (κ3) is 4.27. The number of halogens is 1. The summed E-state index contributed by atoms with van der Waals surface area (Å²) in [6, 6.07) is 16.4. The van der Waals surface area contributed by atoms with Crippen molar-refractivity contribution < 1.29 is 9.84 Å². The van der Waals surface area contributed by atoms with E-state index in [4.69, 9.17) is 9.72 Å². The predicted octanol–water partition coefficient (Wildman–Crippen LogP) is 5.29. The number of aliphatic hydroxyl groups is 1. The van der Waals surface area contributed by atoms with Crippen molar-refractivity contribution in [3.8, 4) is 16.9 Å². The lowest BCUT2D eigenvalue weighted by Crippen LogP contribution is -2.42. The molecule has 34 heavy (non-hydrogen) atoms. The third-order valence-electron chi connectivity index (χ3n) is 6.32. The molecule has 0 bridgehead atoms. The van der Waals surface area contributed by atoms with Gasteiger partial charge in [0.15, 0.2) is 0 Å². The Morgan fingerprint density at radius 1 is 1.21 bits per heavy atom. The molecular formula is C27H27BrN4O2. The van der Waals surface area contributed by atoms with Gasteiger partial charge in [0.1, 0.15) is 23.9 Å². The Balaban J connectivity index is 1.76. The molecule has 0 saturated heterocycles. The average Bonchev–Trinajstić information content (AvgIpc) is 3.57. The number of hydrogen-bond donors (Lipinski definition) is 1. The quantitative estimate of drug-likeness (QED) is 0.360. The summed E-state index contributed by atoms with van der Waals surface area (Å²) in [5.41, 5.74) is 2.35. The molecule has 1 aliphatic heterocycles. The van der Waals surface area contributed by atoms with Crippen molar-refractivity contribution in [3.63, 3.8) is 0 Å². The van der Waals surface area contributed by atoms with E-state index in [9.17, 15) is 5.11 Å². The number of pyridine rings is 1. The molecule has 0 radical (unpaired) electrons. The van der Waals surface area contributed by atoms with Gasteiger partial charge in [-0.05, 0) is 50.4 Å². The van der Waals surface area contributed by atoms with Crippen molar-refractivity contribution in [3.05, 3.63) is 89.6 Å². The summed E-state index contributed by atoms with van der Waals surface area (Å²) in [7, 11) is 4.02. The summed E-state index contributed by atoms with van der Waals surface area (Å²) in [6.45, 7) is 0.709. The molecule has 3 heterocycles. The van der Waals surface area contributed by atoms with Gasteiger partial charge in [-0.3, -0.25) is 4.57 Å². The summed E-state index contributed by atoms with van der Waals surface area (Å²) in [5, 5.41) is 13.1. The van der Waals surface area contributed by atoms with Crippen molar-refractivity contribution in [2.75, 3.05) is 20.6 Å². The smallest absolute Gasteiger partial charge is 0.146 e. The summed E-state index contributed by atoms with van der Waals surface area (Å²) in [4.78, 5) is 11.5. The van der Waals surface area contributed by atoms with Crippen LogP contribution in [0.25, 0.3) is 27.8 Å². The van der Waals surface area contributed by atoms with Gasteiger partial charge in [-0.15, -0.1) is 0 Å². The molecule has 2 aromatic heterocycles. The van der Waals surface area contributed by atoms with Crippen LogP contribution in [0.5, 0.6) is 0 Å². The van der Waals surface area contributed by atoms with Gasteiger partial charge in [-0.2, -0.15) is 0 Å². The fourth-order valence-electron chi connectivity index (χ4n) is 4.54. The van der Waals surface area contributed by atoms with Gasteiger partial charge < -0.3 is 14.7 Å². The van der Waals surface area contributed by atoms with Gasteiger partial charge in [0.2, 0.25) is 0 Å². The van der Waals surface area contributed by atoms with Gasteiger partial charge in [-0.1, -0.05) is 46.3 Å². The van der Waals surface area contributed by atoms with Crippen LogP contribution in [0.3, 0.4) is 0 Å². The molecule has 2 aromatic carbocycles. The van der Waals surface area contributed by atoms with E-state index in [1.807, 2.05) is 55.2 Å². The first kappa shape index (κ1) is 22.8. The number of imidazole rings is 1. The summed E-state index contributed by atoms with van der Waals surface area (Å²) >= 11 is 3.68. The highest BCUT2D eigenvalue weighted by Gasteiger charge is 2.42. The van der Waals surface area contributed by atoms with Gasteiger partial charge in [-0.25, -0.2) is 9.97 Å². The van der Waals surface area contributed by atoms with Crippen LogP contribution in [0.15, 0.2) is 84.1 Å². The molecule has 1 N–H and O–H groups in total. The minimum Gasteiger partial charge on any atom is -0.495 e. The molecule has 0 saturated carbocycles. The summed E-state index contributed by atoms with van der Waals surface area (Å²) < 4.78 is 8.69. The van der Waals surface area contributed by atoms with Crippen LogP contribution in [0, 0.1) is 0 Å². The summed E-state index contributed by atoms with van der Waals surface area (Å²) in [6.07, 6.45) is 9.82. The first-order chi connectivity index (χ1) is 16.5. The molecule has 0 aliphatic carbocycles. The van der Waals surface area contributed by atoms with Crippen molar-refractivity contribution in [1.82, 2.24) is 19.4 Å². The van der Waals surface area contributed by atoms with E-state index >= 15 is 0 Å². The largest absolute Gasteiger partial charge is 0.495 e. The Hall–Kier alpha value is -3.00. The lowest BCUT2D eigenvalue weighted by molar-refractivity contribution is -0.0835. The first-order valence-corrected chi connectivity index (χ1v) is 12.1. The average molecular weight is 519 g/mol. The van der Waals surface area contributed by atoms with E-state index in [2.05, 4.69) is 50.1 Å². The van der Waals surface area contributed by atoms with E-state index in [-0.39, 0.29) is 6.10 Å². The number of rotatable bonds is 7. The summed E-state index contributed by atoms with van der Waals surface area (Å²) in [5.74, 6) is 0.764. The normalized spacial score (nSPS) is 17.3. The van der Waals surface area contributed by atoms with E-state index < -0.39 is 5.60 Å². The fourth-order valence-corrected chi connectivity index (χ4v) is 5.01. The maximum absolute atomic E-state index is 12.2. The van der Waals surface area contributed by atoms with Gasteiger partial charge in [0.05, 0.1) is 11.8 Å². The molecule has 1 aliphatic rings. The first-order valence-electron chi connectivity index (χ1n) is 11.3. The molecule has 2 atom stereocenters. The van der Waals surface area contributed by atoms with E-state index in [0.717, 1.165) is 37.9 Å². The van der Waals surface area contributed by atoms with Crippen LogP contribution in [-0.2, 0) is 10.3 Å². The standard InChI is InChI=1S/C27H27BrN4O2/c1-31(2)12-10-27(33,24-9-6-14-34-24)23-17-21(28)15-20-16-22(19-7-4-3-5-8-19)26(30-25(20)23)32-13-11-29-18-32/h3-8,11,13-18,24,33H,9-10,12H2,1-2H3. The van der Waals surface area contributed by atoms with Crippen LogP contribution in [0.4, 0.5) is 0 Å². The molecule has 0 amide bonds. The van der Waals surface area contributed by atoms with Gasteiger partial charge in [0, 0.05) is 46.3 Å². The Kier molecular flexibility index (Phi) is 6.25. The Bertz CT molecular complexity index is 1310. The molecule has 7 heteroatoms. The number of ether oxygens (including phenoxy) is 1. The minimum atomic E-state index is -1.22. The second kappa shape index (κ2) is 9.33. The lowest BCUT2D eigenvalue weighted by atomic mass is 9.82. The molecule has 6 nitrogen and oxygen atoms in total. The van der Waals surface area contributed by atoms with E-state index in [1.165, 1.54) is 0 Å². The topological polar surface area (TPSA) is 63.4 Å². The highest BCUT2D eigenvalue weighted by atomic mass is 79.9. The molecule has 2 unspecified atom stereocenters. The Morgan fingerprint density at radius 3 is 2.71 bits per heavy atom. The monoisotopic (exact) mass is 518 g/mol. The van der Waals surface area contributed by atoms with Crippen molar-refractivity contribution in [1.29, 1.82) is 0 Å². The predicted molar refractivity (Wildman–Crippen MR) is 138 cm³/mol. The van der Waals surface area contributed by atoms with Gasteiger partial charge >= 0.3 is 0 Å². The van der Waals surface area contributed by atoms with Crippen LogP contribution in [-0.4, -0.2) is 51.3 Å². The van der Waals surface area contributed by atoms with E-state index in [0.29, 0.717) is 19.4 Å². The van der Waals surface area contributed by atoms with Crippen LogP contribution >= 0.6 is 15.9 Å². The fraction of sp³-hybridized carbons (Fsp3) is 0.259. The number of fused-ring (bicyclic) bond motifs is 1. The number of nitrogens with zero attached hydrogens (tertiary/aromatic N) is 4. The number of benzene rings is 2. The second-order valence-electron chi connectivity index (χ2n) is 8.93. The minimum absolute atomic E-state index is 0.378. The highest BCUT2D eigenvalue weighted by Crippen LogP contribution is 2.41. The van der Waals surface area contributed by atoms with Crippen molar-refractivity contribution in [2.24, 2.45) is 0 Å². The number of hydrogen-bond acceptors (Lipinski definition) is 5. The third-order valence-corrected chi connectivity index (χ3v) is 6.78. The molecule has 5 rings (SSSR count). The number of aromatic nitrogens is 3.